The number of benzene rings is 1. The number of nitrogens with zero attached hydrogens (tertiary/aromatic N) is 1. The fourth-order valence-electron chi connectivity index (χ4n) is 2.30. The first-order valence-electron chi connectivity index (χ1n) is 7.15. The van der Waals surface area contributed by atoms with Gasteiger partial charge in [0.2, 0.25) is 0 Å². The summed E-state index contributed by atoms with van der Waals surface area (Å²) in [5.41, 5.74) is 0.449. The maximum Gasteiger partial charge on any atom is 0.251 e. The number of halogens is 1. The van der Waals surface area contributed by atoms with Gasteiger partial charge in [-0.2, -0.15) is 0 Å². The molecule has 1 aromatic rings. The van der Waals surface area contributed by atoms with Crippen molar-refractivity contribution < 1.29 is 19.0 Å². The van der Waals surface area contributed by atoms with E-state index in [0.29, 0.717) is 28.6 Å². The molecule has 1 saturated heterocycles. The second-order valence-corrected chi connectivity index (χ2v) is 5.31. The zero-order valence-corrected chi connectivity index (χ0v) is 13.6. The molecular formula is C15H21ClN2O4. The summed E-state index contributed by atoms with van der Waals surface area (Å²) in [7, 11) is 3.01. The molecular weight excluding hydrogens is 308 g/mol. The summed E-state index contributed by atoms with van der Waals surface area (Å²) in [4.78, 5) is 14.5. The third-order valence-corrected chi connectivity index (χ3v) is 3.79. The van der Waals surface area contributed by atoms with Gasteiger partial charge in [-0.25, -0.2) is 0 Å². The first kappa shape index (κ1) is 16.9. The van der Waals surface area contributed by atoms with Crippen molar-refractivity contribution in [1.82, 2.24) is 10.2 Å². The normalized spacial score (nSPS) is 15.4. The van der Waals surface area contributed by atoms with Crippen LogP contribution >= 0.6 is 11.6 Å². The standard InChI is InChI=1S/C15H21ClN2O4/c1-20-13-10-11(9-12(16)14(13)21-2)15(19)17-3-4-18-5-7-22-8-6-18/h9-10H,3-8H2,1-2H3,(H,17,19). The van der Waals surface area contributed by atoms with Gasteiger partial charge in [-0.1, -0.05) is 11.6 Å². The molecule has 122 valence electrons. The predicted molar refractivity (Wildman–Crippen MR) is 84.1 cm³/mol. The lowest BCUT2D eigenvalue weighted by molar-refractivity contribution is 0.0383. The smallest absolute Gasteiger partial charge is 0.251 e. The summed E-state index contributed by atoms with van der Waals surface area (Å²) in [5, 5.41) is 3.23. The molecule has 1 heterocycles. The van der Waals surface area contributed by atoms with Crippen LogP contribution in [-0.4, -0.2) is 64.4 Å². The summed E-state index contributed by atoms with van der Waals surface area (Å²) >= 11 is 6.11. The fraction of sp³-hybridized carbons (Fsp3) is 0.533. The van der Waals surface area contributed by atoms with Crippen LogP contribution in [0.3, 0.4) is 0 Å². The molecule has 1 N–H and O–H groups in total. The Morgan fingerprint density at radius 1 is 1.32 bits per heavy atom. The van der Waals surface area contributed by atoms with Crippen LogP contribution in [-0.2, 0) is 4.74 Å². The van der Waals surface area contributed by atoms with E-state index in [1.165, 1.54) is 14.2 Å². The van der Waals surface area contributed by atoms with Gasteiger partial charge in [0.25, 0.3) is 5.91 Å². The van der Waals surface area contributed by atoms with Gasteiger partial charge < -0.3 is 19.5 Å². The van der Waals surface area contributed by atoms with Crippen molar-refractivity contribution in [2.75, 3.05) is 53.6 Å². The van der Waals surface area contributed by atoms with Crippen molar-refractivity contribution in [3.05, 3.63) is 22.7 Å². The van der Waals surface area contributed by atoms with Crippen molar-refractivity contribution in [3.8, 4) is 11.5 Å². The Labute approximate surface area is 135 Å². The van der Waals surface area contributed by atoms with E-state index >= 15 is 0 Å². The Balaban J connectivity index is 1.93. The number of morpholine rings is 1. The number of nitrogens with one attached hydrogen (secondary N) is 1. The van der Waals surface area contributed by atoms with Crippen LogP contribution in [0.5, 0.6) is 11.5 Å². The van der Waals surface area contributed by atoms with Crippen LogP contribution in [0.4, 0.5) is 0 Å². The van der Waals surface area contributed by atoms with E-state index in [-0.39, 0.29) is 5.91 Å². The topological polar surface area (TPSA) is 60.0 Å². The van der Waals surface area contributed by atoms with Crippen LogP contribution in [0, 0.1) is 0 Å². The lowest BCUT2D eigenvalue weighted by Crippen LogP contribution is -2.41. The van der Waals surface area contributed by atoms with E-state index in [1.54, 1.807) is 12.1 Å². The molecule has 0 saturated carbocycles. The summed E-state index contributed by atoms with van der Waals surface area (Å²) in [6.45, 7) is 4.68. The molecule has 22 heavy (non-hydrogen) atoms. The summed E-state index contributed by atoms with van der Waals surface area (Å²) in [6.07, 6.45) is 0. The molecule has 0 spiro atoms. The molecule has 2 rings (SSSR count). The maximum absolute atomic E-state index is 12.2. The molecule has 0 aliphatic carbocycles. The average Bonchev–Trinajstić information content (AvgIpc) is 2.54. The molecule has 7 heteroatoms. The summed E-state index contributed by atoms with van der Waals surface area (Å²) < 4.78 is 15.6. The largest absolute Gasteiger partial charge is 0.493 e. The monoisotopic (exact) mass is 328 g/mol. The average molecular weight is 329 g/mol. The zero-order chi connectivity index (χ0) is 15.9. The quantitative estimate of drug-likeness (QED) is 0.856. The van der Waals surface area contributed by atoms with E-state index in [1.807, 2.05) is 0 Å². The first-order valence-corrected chi connectivity index (χ1v) is 7.53. The number of ether oxygens (including phenoxy) is 3. The minimum atomic E-state index is -0.184. The highest BCUT2D eigenvalue weighted by Gasteiger charge is 2.15. The molecule has 1 amide bonds. The summed E-state index contributed by atoms with van der Waals surface area (Å²) in [5.74, 6) is 0.679. The number of carbonyl (C=O) groups is 1. The van der Waals surface area contributed by atoms with Gasteiger partial charge >= 0.3 is 0 Å². The number of rotatable bonds is 6. The lowest BCUT2D eigenvalue weighted by atomic mass is 10.2. The van der Waals surface area contributed by atoms with Gasteiger partial charge in [0.05, 0.1) is 32.5 Å². The number of hydrogen-bond donors (Lipinski definition) is 1. The van der Waals surface area contributed by atoms with Crippen molar-refractivity contribution >= 4 is 17.5 Å². The zero-order valence-electron chi connectivity index (χ0n) is 12.9. The minimum absolute atomic E-state index is 0.184. The molecule has 0 unspecified atom stereocenters. The van der Waals surface area contributed by atoms with Crippen LogP contribution in [0.15, 0.2) is 12.1 Å². The van der Waals surface area contributed by atoms with Gasteiger partial charge in [-0.05, 0) is 12.1 Å². The maximum atomic E-state index is 12.2. The van der Waals surface area contributed by atoms with Crippen LogP contribution < -0.4 is 14.8 Å². The molecule has 0 bridgehead atoms. The van der Waals surface area contributed by atoms with Crippen molar-refractivity contribution in [2.45, 2.75) is 0 Å². The Kier molecular flexibility index (Phi) is 6.30. The van der Waals surface area contributed by atoms with Crippen LogP contribution in [0.2, 0.25) is 5.02 Å². The van der Waals surface area contributed by atoms with E-state index in [4.69, 9.17) is 25.8 Å². The molecule has 0 aromatic heterocycles. The molecule has 1 aromatic carbocycles. The molecule has 1 aliphatic rings. The Bertz CT molecular complexity index is 519. The van der Waals surface area contributed by atoms with Gasteiger partial charge in [0.1, 0.15) is 0 Å². The third kappa shape index (κ3) is 4.25. The Morgan fingerprint density at radius 2 is 2.05 bits per heavy atom. The fourth-order valence-corrected chi connectivity index (χ4v) is 2.59. The van der Waals surface area contributed by atoms with E-state index in [0.717, 1.165) is 32.8 Å². The molecule has 1 aliphatic heterocycles. The van der Waals surface area contributed by atoms with Crippen molar-refractivity contribution in [3.63, 3.8) is 0 Å². The van der Waals surface area contributed by atoms with Gasteiger partial charge in [0.15, 0.2) is 11.5 Å². The second kappa shape index (κ2) is 8.22. The minimum Gasteiger partial charge on any atom is -0.493 e. The van der Waals surface area contributed by atoms with Gasteiger partial charge in [-0.3, -0.25) is 9.69 Å². The van der Waals surface area contributed by atoms with E-state index < -0.39 is 0 Å². The van der Waals surface area contributed by atoms with Crippen molar-refractivity contribution in [1.29, 1.82) is 0 Å². The van der Waals surface area contributed by atoms with Gasteiger partial charge in [0, 0.05) is 31.7 Å². The van der Waals surface area contributed by atoms with Crippen LogP contribution in [0.1, 0.15) is 10.4 Å². The van der Waals surface area contributed by atoms with Gasteiger partial charge in [-0.15, -0.1) is 0 Å². The first-order chi connectivity index (χ1) is 10.7. The van der Waals surface area contributed by atoms with Crippen LogP contribution in [0.25, 0.3) is 0 Å². The number of hydrogen-bond acceptors (Lipinski definition) is 5. The molecule has 1 fully saturated rings. The number of carbonyl (C=O) groups excluding carboxylic acids is 1. The second-order valence-electron chi connectivity index (χ2n) is 4.90. The highest BCUT2D eigenvalue weighted by Crippen LogP contribution is 2.35. The predicted octanol–water partition coefficient (Wildman–Crippen LogP) is 1.42. The lowest BCUT2D eigenvalue weighted by Gasteiger charge is -2.26. The molecule has 0 radical (unpaired) electrons. The Hall–Kier alpha value is -1.50. The molecule has 0 atom stereocenters. The number of amides is 1. The third-order valence-electron chi connectivity index (χ3n) is 3.51. The highest BCUT2D eigenvalue weighted by atomic mass is 35.5. The highest BCUT2D eigenvalue weighted by molar-refractivity contribution is 6.32. The van der Waals surface area contributed by atoms with E-state index in [2.05, 4.69) is 10.2 Å². The van der Waals surface area contributed by atoms with E-state index in [9.17, 15) is 4.79 Å². The summed E-state index contributed by atoms with van der Waals surface area (Å²) in [6, 6.07) is 3.20. The van der Waals surface area contributed by atoms with Crippen molar-refractivity contribution in [2.24, 2.45) is 0 Å². The SMILES string of the molecule is COc1cc(C(=O)NCCN2CCOCC2)cc(Cl)c1OC. The number of methoxy groups -OCH3 is 2. The Morgan fingerprint density at radius 3 is 2.68 bits per heavy atom. The molecule has 6 nitrogen and oxygen atoms in total.